The lowest BCUT2D eigenvalue weighted by Crippen LogP contribution is -2.38. The van der Waals surface area contributed by atoms with Gasteiger partial charge in [-0.1, -0.05) is 29.8 Å². The van der Waals surface area contributed by atoms with Crippen LogP contribution >= 0.6 is 11.6 Å². The van der Waals surface area contributed by atoms with E-state index in [4.69, 9.17) is 23.1 Å². The number of piperidine rings is 1. The molecule has 6 nitrogen and oxygen atoms in total. The summed E-state index contributed by atoms with van der Waals surface area (Å²) in [5.41, 5.74) is 17.4. The van der Waals surface area contributed by atoms with Gasteiger partial charge in [-0.25, -0.2) is 0 Å². The van der Waals surface area contributed by atoms with Crippen LogP contribution in [0.4, 0.5) is 18.9 Å². The van der Waals surface area contributed by atoms with Crippen LogP contribution in [0, 0.1) is 0 Å². The zero-order chi connectivity index (χ0) is 29.0. The minimum Gasteiger partial charge on any atom is -0.406 e. The molecule has 0 saturated carbocycles. The summed E-state index contributed by atoms with van der Waals surface area (Å²) in [5, 5.41) is 5.36. The monoisotopic (exact) mass is 585 g/mol. The first-order valence-electron chi connectivity index (χ1n) is 13.9. The van der Waals surface area contributed by atoms with Crippen LogP contribution in [0.5, 0.6) is 5.75 Å². The van der Waals surface area contributed by atoms with Gasteiger partial charge in [-0.15, -0.1) is 13.2 Å². The molecule has 0 atom stereocenters. The number of hydrogen-bond acceptors (Lipinski definition) is 5. The number of ether oxygens (including phenoxy) is 1. The standard InChI is InChI=1S/C31H35ClF3N5O/c32-23-3-1-4-25(17-23)38-24-9-13-39(14-10-24)19-21-5-8-30-28(15-21)29(20-40(30)12-2-11-36)27-7-6-26(16-22(27)18-37)41-31(33,34)35/h1,3-8,15-17,20,24,38H,2,9-14,18-19,36-37H2. The molecule has 3 aromatic carbocycles. The van der Waals surface area contributed by atoms with Crippen molar-refractivity contribution in [2.75, 3.05) is 25.0 Å². The van der Waals surface area contributed by atoms with Crippen LogP contribution < -0.4 is 21.5 Å². The predicted octanol–water partition coefficient (Wildman–Crippen LogP) is 6.74. The topological polar surface area (TPSA) is 81.5 Å². The first-order valence-corrected chi connectivity index (χ1v) is 14.3. The van der Waals surface area contributed by atoms with Gasteiger partial charge in [-0.2, -0.15) is 0 Å². The molecule has 218 valence electrons. The van der Waals surface area contributed by atoms with Crippen LogP contribution in [0.3, 0.4) is 0 Å². The van der Waals surface area contributed by atoms with E-state index >= 15 is 0 Å². The van der Waals surface area contributed by atoms with E-state index in [2.05, 4.69) is 43.9 Å². The predicted molar refractivity (Wildman–Crippen MR) is 159 cm³/mol. The Hall–Kier alpha value is -3.24. The summed E-state index contributed by atoms with van der Waals surface area (Å²) in [6, 6.07) is 19.1. The van der Waals surface area contributed by atoms with E-state index in [1.54, 1.807) is 6.07 Å². The second-order valence-corrected chi connectivity index (χ2v) is 10.9. The van der Waals surface area contributed by atoms with Gasteiger partial charge >= 0.3 is 6.36 Å². The average molecular weight is 586 g/mol. The number of halogens is 4. The summed E-state index contributed by atoms with van der Waals surface area (Å²) >= 11 is 6.13. The van der Waals surface area contributed by atoms with E-state index in [0.29, 0.717) is 18.2 Å². The van der Waals surface area contributed by atoms with Gasteiger partial charge in [0.15, 0.2) is 0 Å². The van der Waals surface area contributed by atoms with Crippen molar-refractivity contribution in [3.8, 4) is 16.9 Å². The Morgan fingerprint density at radius 1 is 0.976 bits per heavy atom. The highest BCUT2D eigenvalue weighted by molar-refractivity contribution is 6.30. The number of nitrogens with two attached hydrogens (primary N) is 2. The number of aromatic nitrogens is 1. The van der Waals surface area contributed by atoms with Gasteiger partial charge in [-0.3, -0.25) is 4.90 Å². The van der Waals surface area contributed by atoms with E-state index in [9.17, 15) is 13.2 Å². The maximum atomic E-state index is 12.8. The lowest BCUT2D eigenvalue weighted by molar-refractivity contribution is -0.274. The Bertz CT molecular complexity index is 1480. The second-order valence-electron chi connectivity index (χ2n) is 10.5. The molecular weight excluding hydrogens is 551 g/mol. The molecule has 5 rings (SSSR count). The first kappa shape index (κ1) is 29.3. The van der Waals surface area contributed by atoms with E-state index in [1.807, 2.05) is 24.3 Å². The van der Waals surface area contributed by atoms with Crippen molar-refractivity contribution in [2.24, 2.45) is 11.5 Å². The molecule has 0 amide bonds. The van der Waals surface area contributed by atoms with Gasteiger partial charge in [0, 0.05) is 72.1 Å². The number of rotatable bonds is 10. The molecule has 0 spiro atoms. The number of alkyl halides is 3. The maximum Gasteiger partial charge on any atom is 0.573 e. The van der Waals surface area contributed by atoms with Gasteiger partial charge in [0.2, 0.25) is 0 Å². The van der Waals surface area contributed by atoms with Gasteiger partial charge < -0.3 is 26.1 Å². The Balaban J connectivity index is 1.37. The van der Waals surface area contributed by atoms with Crippen molar-refractivity contribution >= 4 is 28.2 Å². The summed E-state index contributed by atoms with van der Waals surface area (Å²) in [4.78, 5) is 2.46. The van der Waals surface area contributed by atoms with Gasteiger partial charge in [-0.05, 0) is 85.0 Å². The highest BCUT2D eigenvalue weighted by atomic mass is 35.5. The van der Waals surface area contributed by atoms with Crippen LogP contribution in [-0.2, 0) is 19.6 Å². The lowest BCUT2D eigenvalue weighted by atomic mass is 9.97. The normalized spacial score (nSPS) is 15.0. The third-order valence-corrected chi connectivity index (χ3v) is 7.79. The van der Waals surface area contributed by atoms with Crippen molar-refractivity contribution in [2.45, 2.75) is 51.3 Å². The summed E-state index contributed by atoms with van der Waals surface area (Å²) in [6.45, 7) is 4.14. The molecule has 0 radical (unpaired) electrons. The van der Waals surface area contributed by atoms with Gasteiger partial charge in [0.05, 0.1) is 0 Å². The van der Waals surface area contributed by atoms with Crippen molar-refractivity contribution in [3.05, 3.63) is 83.0 Å². The molecule has 1 fully saturated rings. The van der Waals surface area contributed by atoms with Crippen molar-refractivity contribution < 1.29 is 17.9 Å². The number of hydrogen-bond donors (Lipinski definition) is 3. The Morgan fingerprint density at radius 2 is 1.78 bits per heavy atom. The highest BCUT2D eigenvalue weighted by Crippen LogP contribution is 2.36. The number of likely N-dealkylation sites (tertiary alicyclic amines) is 1. The van der Waals surface area contributed by atoms with Crippen LogP contribution in [-0.4, -0.2) is 41.5 Å². The smallest absolute Gasteiger partial charge is 0.406 e. The molecule has 2 heterocycles. The Morgan fingerprint density at radius 3 is 2.49 bits per heavy atom. The molecular formula is C31H35ClF3N5O. The minimum absolute atomic E-state index is 0.0811. The molecule has 1 saturated heterocycles. The van der Waals surface area contributed by atoms with Crippen molar-refractivity contribution in [1.29, 1.82) is 0 Å². The molecule has 1 aliphatic rings. The van der Waals surface area contributed by atoms with Crippen molar-refractivity contribution in [3.63, 3.8) is 0 Å². The zero-order valence-corrected chi connectivity index (χ0v) is 23.5. The van der Waals surface area contributed by atoms with Crippen LogP contribution in [0.1, 0.15) is 30.4 Å². The number of benzene rings is 3. The summed E-state index contributed by atoms with van der Waals surface area (Å²) in [6.07, 6.45) is 0.158. The molecule has 0 aliphatic carbocycles. The Kier molecular flexibility index (Phi) is 9.09. The van der Waals surface area contributed by atoms with Crippen molar-refractivity contribution in [1.82, 2.24) is 9.47 Å². The number of nitrogens with one attached hydrogen (secondary N) is 1. The quantitative estimate of drug-likeness (QED) is 0.192. The fraction of sp³-hybridized carbons (Fsp3) is 0.355. The van der Waals surface area contributed by atoms with E-state index < -0.39 is 6.36 Å². The third kappa shape index (κ3) is 7.35. The SMILES string of the molecule is NCCCn1cc(-c2ccc(OC(F)(F)F)cc2CN)c2cc(CN3CCC(Nc4cccc(Cl)c4)CC3)ccc21. The molecule has 10 heteroatoms. The van der Waals surface area contributed by atoms with Crippen LogP contribution in [0.2, 0.25) is 5.02 Å². The molecule has 41 heavy (non-hydrogen) atoms. The fourth-order valence-electron chi connectivity index (χ4n) is 5.61. The number of fused-ring (bicyclic) bond motifs is 1. The van der Waals surface area contributed by atoms with Gasteiger partial charge in [0.1, 0.15) is 5.75 Å². The molecule has 0 unspecified atom stereocenters. The summed E-state index contributed by atoms with van der Waals surface area (Å²) < 4.78 is 44.8. The molecule has 4 aromatic rings. The average Bonchev–Trinajstić information content (AvgIpc) is 3.29. The first-order chi connectivity index (χ1) is 19.7. The van der Waals surface area contributed by atoms with E-state index in [1.165, 1.54) is 17.7 Å². The second kappa shape index (κ2) is 12.7. The summed E-state index contributed by atoms with van der Waals surface area (Å²) in [5.74, 6) is -0.275. The highest BCUT2D eigenvalue weighted by Gasteiger charge is 2.31. The van der Waals surface area contributed by atoms with Crippen LogP contribution in [0.25, 0.3) is 22.0 Å². The zero-order valence-electron chi connectivity index (χ0n) is 22.8. The van der Waals surface area contributed by atoms with Gasteiger partial charge in [0.25, 0.3) is 0 Å². The maximum absolute atomic E-state index is 12.8. The minimum atomic E-state index is -4.76. The summed E-state index contributed by atoms with van der Waals surface area (Å²) in [7, 11) is 0. The number of nitrogens with zero attached hydrogens (tertiary/aromatic N) is 2. The number of anilines is 1. The lowest BCUT2D eigenvalue weighted by Gasteiger charge is -2.33. The molecule has 1 aromatic heterocycles. The molecule has 5 N–H and O–H groups in total. The Labute approximate surface area is 243 Å². The van der Waals surface area contributed by atoms with E-state index in [-0.39, 0.29) is 12.3 Å². The van der Waals surface area contributed by atoms with Crippen LogP contribution in [0.15, 0.2) is 66.9 Å². The molecule has 1 aliphatic heterocycles. The molecule has 0 bridgehead atoms. The fourth-order valence-corrected chi connectivity index (χ4v) is 5.80. The largest absolute Gasteiger partial charge is 0.573 e. The third-order valence-electron chi connectivity index (χ3n) is 7.56. The van der Waals surface area contributed by atoms with E-state index in [0.717, 1.165) is 78.2 Å². The number of aryl methyl sites for hydroxylation is 1.